The molecule has 2 nitrogen and oxygen atoms in total. The maximum Gasteiger partial charge on any atom is 0.0825 e. The summed E-state index contributed by atoms with van der Waals surface area (Å²) in [4.78, 5) is 0. The van der Waals surface area contributed by atoms with Gasteiger partial charge in [0.05, 0.1) is 5.60 Å². The Labute approximate surface area is 93.5 Å². The summed E-state index contributed by atoms with van der Waals surface area (Å²) < 4.78 is 0. The zero-order valence-electron chi connectivity index (χ0n) is 9.97. The predicted octanol–water partition coefficient (Wildman–Crippen LogP) is 2.46. The minimum atomic E-state index is -0.414. The van der Waals surface area contributed by atoms with E-state index in [2.05, 4.69) is 12.2 Å². The van der Waals surface area contributed by atoms with Crippen LogP contribution >= 0.6 is 0 Å². The molecule has 15 heavy (non-hydrogen) atoms. The molecule has 0 aromatic heterocycles. The van der Waals surface area contributed by atoms with Gasteiger partial charge in [0, 0.05) is 6.04 Å². The first-order valence-electron chi connectivity index (χ1n) is 6.69. The predicted molar refractivity (Wildman–Crippen MR) is 62.8 cm³/mol. The monoisotopic (exact) mass is 211 g/mol. The van der Waals surface area contributed by atoms with Crippen LogP contribution in [0.4, 0.5) is 0 Å². The number of hydrogen-bond donors (Lipinski definition) is 2. The third kappa shape index (κ3) is 2.36. The van der Waals surface area contributed by atoms with Crippen LogP contribution in [0, 0.1) is 5.92 Å². The third-order valence-corrected chi connectivity index (χ3v) is 4.48. The lowest BCUT2D eigenvalue weighted by atomic mass is 9.71. The van der Waals surface area contributed by atoms with Crippen molar-refractivity contribution < 1.29 is 5.11 Å². The number of rotatable bonds is 1. The molecule has 2 heteroatoms. The lowest BCUT2D eigenvalue weighted by Gasteiger charge is -2.44. The summed E-state index contributed by atoms with van der Waals surface area (Å²) in [5, 5.41) is 14.4. The average Bonchev–Trinajstić information content (AvgIpc) is 2.51. The summed E-state index contributed by atoms with van der Waals surface area (Å²) >= 11 is 0. The van der Waals surface area contributed by atoms with Gasteiger partial charge < -0.3 is 10.4 Å². The van der Waals surface area contributed by atoms with Gasteiger partial charge in [-0.1, -0.05) is 32.6 Å². The largest absolute Gasteiger partial charge is 0.388 e. The Bertz CT molecular complexity index is 199. The van der Waals surface area contributed by atoms with E-state index < -0.39 is 5.60 Å². The molecule has 1 heterocycles. The normalized spacial score (nSPS) is 43.6. The molecular formula is C13H25NO. The van der Waals surface area contributed by atoms with Crippen molar-refractivity contribution in [1.29, 1.82) is 0 Å². The zero-order valence-corrected chi connectivity index (χ0v) is 9.97. The standard InChI is InChI=1S/C13H25NO/c1-11-7-4-5-9-13(11,15)12-8-3-2-6-10-14-12/h11-12,14-15H,2-10H2,1H3. The molecule has 3 unspecified atom stereocenters. The molecule has 1 saturated carbocycles. The van der Waals surface area contributed by atoms with Crippen LogP contribution in [-0.4, -0.2) is 23.3 Å². The van der Waals surface area contributed by atoms with Gasteiger partial charge in [0.15, 0.2) is 0 Å². The van der Waals surface area contributed by atoms with Gasteiger partial charge in [-0.15, -0.1) is 0 Å². The molecule has 0 bridgehead atoms. The maximum atomic E-state index is 10.8. The van der Waals surface area contributed by atoms with Gasteiger partial charge in [-0.05, 0) is 38.1 Å². The summed E-state index contributed by atoms with van der Waals surface area (Å²) in [6.45, 7) is 3.32. The highest BCUT2D eigenvalue weighted by atomic mass is 16.3. The smallest absolute Gasteiger partial charge is 0.0825 e. The van der Waals surface area contributed by atoms with Crippen molar-refractivity contribution in [3.8, 4) is 0 Å². The Morgan fingerprint density at radius 3 is 2.67 bits per heavy atom. The summed E-state index contributed by atoms with van der Waals surface area (Å²) in [6.07, 6.45) is 9.78. The van der Waals surface area contributed by atoms with Crippen LogP contribution in [-0.2, 0) is 0 Å². The molecule has 88 valence electrons. The first-order chi connectivity index (χ1) is 7.23. The van der Waals surface area contributed by atoms with Crippen molar-refractivity contribution in [2.45, 2.75) is 69.9 Å². The molecule has 2 aliphatic rings. The van der Waals surface area contributed by atoms with Crippen LogP contribution in [0.2, 0.25) is 0 Å². The van der Waals surface area contributed by atoms with Crippen LogP contribution in [0.15, 0.2) is 0 Å². The molecule has 1 saturated heterocycles. The molecule has 0 radical (unpaired) electrons. The lowest BCUT2D eigenvalue weighted by molar-refractivity contribution is -0.0720. The molecule has 0 spiro atoms. The van der Waals surface area contributed by atoms with E-state index in [-0.39, 0.29) is 0 Å². The molecule has 2 fully saturated rings. The number of hydrogen-bond acceptors (Lipinski definition) is 2. The molecule has 0 aromatic carbocycles. The van der Waals surface area contributed by atoms with Gasteiger partial charge >= 0.3 is 0 Å². The summed E-state index contributed by atoms with van der Waals surface area (Å²) in [7, 11) is 0. The Hall–Kier alpha value is -0.0800. The molecule has 2 rings (SSSR count). The van der Waals surface area contributed by atoms with E-state index in [0.29, 0.717) is 12.0 Å². The van der Waals surface area contributed by atoms with E-state index in [1.54, 1.807) is 0 Å². The zero-order chi connectivity index (χ0) is 10.7. The fraction of sp³-hybridized carbons (Fsp3) is 1.00. The van der Waals surface area contributed by atoms with Crippen LogP contribution < -0.4 is 5.32 Å². The second-order valence-electron chi connectivity index (χ2n) is 5.49. The average molecular weight is 211 g/mol. The van der Waals surface area contributed by atoms with Gasteiger partial charge in [-0.2, -0.15) is 0 Å². The number of nitrogens with one attached hydrogen (secondary N) is 1. The van der Waals surface area contributed by atoms with Crippen molar-refractivity contribution in [2.75, 3.05) is 6.54 Å². The second kappa shape index (κ2) is 4.84. The second-order valence-corrected chi connectivity index (χ2v) is 5.49. The van der Waals surface area contributed by atoms with E-state index in [1.807, 2.05) is 0 Å². The minimum Gasteiger partial charge on any atom is -0.388 e. The van der Waals surface area contributed by atoms with Crippen molar-refractivity contribution >= 4 is 0 Å². The first-order valence-corrected chi connectivity index (χ1v) is 6.69. The lowest BCUT2D eigenvalue weighted by Crippen LogP contribution is -2.55. The van der Waals surface area contributed by atoms with Gasteiger partial charge in [0.1, 0.15) is 0 Å². The van der Waals surface area contributed by atoms with E-state index in [0.717, 1.165) is 13.0 Å². The molecular weight excluding hydrogens is 186 g/mol. The topological polar surface area (TPSA) is 32.3 Å². The minimum absolute atomic E-state index is 0.357. The van der Waals surface area contributed by atoms with E-state index >= 15 is 0 Å². The van der Waals surface area contributed by atoms with Crippen LogP contribution in [0.25, 0.3) is 0 Å². The molecule has 1 aliphatic heterocycles. The van der Waals surface area contributed by atoms with Crippen LogP contribution in [0.3, 0.4) is 0 Å². The molecule has 0 amide bonds. The van der Waals surface area contributed by atoms with Crippen molar-refractivity contribution in [3.05, 3.63) is 0 Å². The quantitative estimate of drug-likeness (QED) is 0.698. The molecule has 3 atom stereocenters. The van der Waals surface area contributed by atoms with Gasteiger partial charge in [-0.25, -0.2) is 0 Å². The third-order valence-electron chi connectivity index (χ3n) is 4.48. The summed E-state index contributed by atoms with van der Waals surface area (Å²) in [5.74, 6) is 0.474. The first kappa shape index (κ1) is 11.4. The summed E-state index contributed by atoms with van der Waals surface area (Å²) in [6, 6.07) is 0.357. The van der Waals surface area contributed by atoms with E-state index in [9.17, 15) is 5.11 Å². The Kier molecular flexibility index (Phi) is 3.68. The fourth-order valence-corrected chi connectivity index (χ4v) is 3.33. The van der Waals surface area contributed by atoms with Gasteiger partial charge in [0.25, 0.3) is 0 Å². The fourth-order valence-electron chi connectivity index (χ4n) is 3.33. The highest BCUT2D eigenvalue weighted by Crippen LogP contribution is 2.38. The molecule has 2 N–H and O–H groups in total. The van der Waals surface area contributed by atoms with Crippen molar-refractivity contribution in [1.82, 2.24) is 5.32 Å². The van der Waals surface area contributed by atoms with E-state index in [4.69, 9.17) is 0 Å². The summed E-state index contributed by atoms with van der Waals surface area (Å²) in [5.41, 5.74) is -0.414. The Morgan fingerprint density at radius 2 is 1.87 bits per heavy atom. The van der Waals surface area contributed by atoms with E-state index in [1.165, 1.54) is 44.9 Å². The maximum absolute atomic E-state index is 10.8. The van der Waals surface area contributed by atoms with Crippen LogP contribution in [0.1, 0.15) is 58.3 Å². The Morgan fingerprint density at radius 1 is 1.07 bits per heavy atom. The van der Waals surface area contributed by atoms with Gasteiger partial charge in [-0.3, -0.25) is 0 Å². The van der Waals surface area contributed by atoms with Crippen LogP contribution in [0.5, 0.6) is 0 Å². The molecule has 0 aromatic rings. The SMILES string of the molecule is CC1CCCCC1(O)C1CCCCCN1. The highest BCUT2D eigenvalue weighted by molar-refractivity contribution is 4.98. The Balaban J connectivity index is 2.04. The van der Waals surface area contributed by atoms with Gasteiger partial charge in [0.2, 0.25) is 0 Å². The molecule has 1 aliphatic carbocycles. The van der Waals surface area contributed by atoms with Crippen molar-refractivity contribution in [3.63, 3.8) is 0 Å². The van der Waals surface area contributed by atoms with Crippen molar-refractivity contribution in [2.24, 2.45) is 5.92 Å². The highest BCUT2D eigenvalue weighted by Gasteiger charge is 2.42. The number of aliphatic hydroxyl groups is 1.